The van der Waals surface area contributed by atoms with Crippen molar-refractivity contribution in [2.24, 2.45) is 0 Å². The van der Waals surface area contributed by atoms with Crippen LogP contribution in [0.25, 0.3) is 0 Å². The Balaban J connectivity index is 1.99. The number of Topliss-reactive ketones (excluding diaryl/α,β-unsaturated/α-hetero) is 1. The van der Waals surface area contributed by atoms with Crippen molar-refractivity contribution in [3.63, 3.8) is 0 Å². The van der Waals surface area contributed by atoms with Crippen LogP contribution < -0.4 is 5.73 Å². The zero-order chi connectivity index (χ0) is 21.3. The van der Waals surface area contributed by atoms with Crippen LogP contribution in [-0.4, -0.2) is 16.9 Å². The molecule has 0 saturated heterocycles. The van der Waals surface area contributed by atoms with Gasteiger partial charge in [-0.2, -0.15) is 0 Å². The Hall–Kier alpha value is -1.84. The number of nitrogen functional groups attached to an aromatic ring is 1. The molecule has 0 aliphatic heterocycles. The molecule has 1 rings (SSSR count). The molecule has 1 aromatic carbocycles. The molecule has 0 saturated carbocycles. The number of hydrogen-bond acceptors (Lipinski definition) is 3. The second kappa shape index (κ2) is 16.0. The summed E-state index contributed by atoms with van der Waals surface area (Å²) in [6.07, 6.45) is 19.8. The van der Waals surface area contributed by atoms with Crippen LogP contribution in [0.5, 0.6) is 0 Å². The maximum atomic E-state index is 12.3. The fourth-order valence-electron chi connectivity index (χ4n) is 3.79. The van der Waals surface area contributed by atoms with Crippen molar-refractivity contribution in [1.82, 2.24) is 0 Å². The van der Waals surface area contributed by atoms with E-state index in [0.29, 0.717) is 12.0 Å². The van der Waals surface area contributed by atoms with Gasteiger partial charge in [-0.1, -0.05) is 103 Å². The summed E-state index contributed by atoms with van der Waals surface area (Å²) in [6.45, 7) is 2.26. The number of nitrogens with two attached hydrogens (primary N) is 1. The van der Waals surface area contributed by atoms with Gasteiger partial charge in [-0.15, -0.1) is 0 Å². The van der Waals surface area contributed by atoms with E-state index in [-0.39, 0.29) is 17.0 Å². The predicted octanol–water partition coefficient (Wildman–Crippen LogP) is 7.41. The SMILES string of the molecule is CCCCCCCCCCCCCCCCCC(=O)c1cccc(C(=O)O)c1N. The minimum absolute atomic E-state index is 0.00680. The molecule has 0 aliphatic rings. The van der Waals surface area contributed by atoms with E-state index in [2.05, 4.69) is 6.92 Å². The molecular formula is C25H41NO3. The van der Waals surface area contributed by atoms with E-state index in [1.54, 1.807) is 12.1 Å². The van der Waals surface area contributed by atoms with Gasteiger partial charge in [0.25, 0.3) is 0 Å². The molecule has 0 heterocycles. The molecule has 0 atom stereocenters. The number of benzene rings is 1. The van der Waals surface area contributed by atoms with Crippen molar-refractivity contribution in [1.29, 1.82) is 0 Å². The van der Waals surface area contributed by atoms with Crippen molar-refractivity contribution >= 4 is 17.4 Å². The summed E-state index contributed by atoms with van der Waals surface area (Å²) < 4.78 is 0. The first kappa shape index (κ1) is 25.2. The van der Waals surface area contributed by atoms with E-state index in [9.17, 15) is 9.59 Å². The molecule has 3 N–H and O–H groups in total. The number of aromatic carboxylic acids is 1. The lowest BCUT2D eigenvalue weighted by Crippen LogP contribution is -2.09. The summed E-state index contributed by atoms with van der Waals surface area (Å²) in [6, 6.07) is 4.64. The van der Waals surface area contributed by atoms with Crippen LogP contribution in [-0.2, 0) is 0 Å². The highest BCUT2D eigenvalue weighted by Gasteiger charge is 2.15. The Kier molecular flexibility index (Phi) is 13.9. The van der Waals surface area contributed by atoms with Gasteiger partial charge in [0.05, 0.1) is 11.3 Å². The molecule has 0 spiro atoms. The highest BCUT2D eigenvalue weighted by atomic mass is 16.4. The second-order valence-electron chi connectivity index (χ2n) is 8.19. The number of carboxylic acids is 1. The first-order chi connectivity index (χ1) is 14.1. The minimum Gasteiger partial charge on any atom is -0.478 e. The highest BCUT2D eigenvalue weighted by Crippen LogP contribution is 2.21. The number of ketones is 1. The van der Waals surface area contributed by atoms with Gasteiger partial charge in [-0.05, 0) is 18.6 Å². The Labute approximate surface area is 177 Å². The number of hydrogen-bond donors (Lipinski definition) is 2. The molecule has 4 heteroatoms. The van der Waals surface area contributed by atoms with E-state index in [1.807, 2.05) is 0 Å². The average molecular weight is 404 g/mol. The third kappa shape index (κ3) is 11.1. The fourth-order valence-corrected chi connectivity index (χ4v) is 3.79. The number of unbranched alkanes of at least 4 members (excludes halogenated alkanes) is 14. The third-order valence-corrected chi connectivity index (χ3v) is 5.64. The van der Waals surface area contributed by atoms with Gasteiger partial charge in [0.2, 0.25) is 0 Å². The molecule has 29 heavy (non-hydrogen) atoms. The van der Waals surface area contributed by atoms with Gasteiger partial charge in [0, 0.05) is 12.0 Å². The van der Waals surface area contributed by atoms with Crippen LogP contribution in [0.15, 0.2) is 18.2 Å². The van der Waals surface area contributed by atoms with Crippen LogP contribution in [0, 0.1) is 0 Å². The average Bonchev–Trinajstić information content (AvgIpc) is 2.70. The zero-order valence-electron chi connectivity index (χ0n) is 18.4. The second-order valence-corrected chi connectivity index (χ2v) is 8.19. The first-order valence-electron chi connectivity index (χ1n) is 11.7. The summed E-state index contributed by atoms with van der Waals surface area (Å²) in [5.41, 5.74) is 6.28. The Bertz CT molecular complexity index is 598. The number of anilines is 1. The predicted molar refractivity (Wildman–Crippen MR) is 122 cm³/mol. The van der Waals surface area contributed by atoms with Crippen molar-refractivity contribution in [3.05, 3.63) is 29.3 Å². The molecule has 0 amide bonds. The van der Waals surface area contributed by atoms with Gasteiger partial charge in [0.1, 0.15) is 0 Å². The van der Waals surface area contributed by atoms with Crippen LogP contribution >= 0.6 is 0 Å². The highest BCUT2D eigenvalue weighted by molar-refractivity contribution is 6.06. The number of para-hydroxylation sites is 1. The number of carbonyl (C=O) groups excluding carboxylic acids is 1. The van der Waals surface area contributed by atoms with Crippen molar-refractivity contribution in [2.75, 3.05) is 5.73 Å². The summed E-state index contributed by atoms with van der Waals surface area (Å²) in [4.78, 5) is 23.4. The Morgan fingerprint density at radius 2 is 1.14 bits per heavy atom. The van der Waals surface area contributed by atoms with Crippen LogP contribution in [0.1, 0.15) is 130 Å². The molecule has 0 unspecified atom stereocenters. The van der Waals surface area contributed by atoms with Crippen molar-refractivity contribution in [3.8, 4) is 0 Å². The lowest BCUT2D eigenvalue weighted by atomic mass is 9.99. The van der Waals surface area contributed by atoms with Gasteiger partial charge < -0.3 is 10.8 Å². The lowest BCUT2D eigenvalue weighted by Gasteiger charge is -2.07. The Morgan fingerprint density at radius 3 is 1.59 bits per heavy atom. The molecule has 0 radical (unpaired) electrons. The summed E-state index contributed by atoms with van der Waals surface area (Å²) >= 11 is 0. The monoisotopic (exact) mass is 403 g/mol. The standard InChI is InChI=1S/C25H41NO3/c1-2-3-4-5-6-7-8-9-10-11-12-13-14-15-16-20-23(27)21-18-17-19-22(24(21)26)25(28)29/h17-19H,2-16,20,26H2,1H3,(H,28,29). The molecule has 4 nitrogen and oxygen atoms in total. The number of carboxylic acid groups (broad SMARTS) is 1. The molecule has 164 valence electrons. The van der Waals surface area contributed by atoms with Gasteiger partial charge in [-0.3, -0.25) is 4.79 Å². The minimum atomic E-state index is -1.09. The Morgan fingerprint density at radius 1 is 0.724 bits per heavy atom. The third-order valence-electron chi connectivity index (χ3n) is 5.64. The zero-order valence-corrected chi connectivity index (χ0v) is 18.4. The van der Waals surface area contributed by atoms with Crippen LogP contribution in [0.2, 0.25) is 0 Å². The largest absolute Gasteiger partial charge is 0.478 e. The summed E-state index contributed by atoms with van der Waals surface area (Å²) in [5.74, 6) is -1.15. The van der Waals surface area contributed by atoms with Crippen LogP contribution in [0.3, 0.4) is 0 Å². The molecule has 0 aromatic heterocycles. The van der Waals surface area contributed by atoms with E-state index < -0.39 is 5.97 Å². The maximum absolute atomic E-state index is 12.3. The number of carbonyl (C=O) groups is 2. The molecular weight excluding hydrogens is 362 g/mol. The topological polar surface area (TPSA) is 80.4 Å². The van der Waals surface area contributed by atoms with E-state index in [1.165, 1.54) is 83.1 Å². The number of rotatable bonds is 18. The quantitative estimate of drug-likeness (QED) is 0.152. The van der Waals surface area contributed by atoms with Crippen molar-refractivity contribution in [2.45, 2.75) is 110 Å². The smallest absolute Gasteiger partial charge is 0.337 e. The van der Waals surface area contributed by atoms with Gasteiger partial charge in [-0.25, -0.2) is 4.79 Å². The first-order valence-corrected chi connectivity index (χ1v) is 11.7. The normalized spacial score (nSPS) is 10.9. The van der Waals surface area contributed by atoms with E-state index >= 15 is 0 Å². The molecule has 1 aromatic rings. The van der Waals surface area contributed by atoms with Crippen LogP contribution in [0.4, 0.5) is 5.69 Å². The van der Waals surface area contributed by atoms with Gasteiger partial charge in [0.15, 0.2) is 5.78 Å². The summed E-state index contributed by atoms with van der Waals surface area (Å²) in [7, 11) is 0. The van der Waals surface area contributed by atoms with E-state index in [4.69, 9.17) is 10.8 Å². The molecule has 0 bridgehead atoms. The lowest BCUT2D eigenvalue weighted by molar-refractivity contribution is 0.0698. The van der Waals surface area contributed by atoms with Gasteiger partial charge >= 0.3 is 5.97 Å². The summed E-state index contributed by atoms with van der Waals surface area (Å²) in [5, 5.41) is 9.10. The van der Waals surface area contributed by atoms with Crippen molar-refractivity contribution < 1.29 is 14.7 Å². The molecule has 0 fully saturated rings. The molecule has 0 aliphatic carbocycles. The van der Waals surface area contributed by atoms with E-state index in [0.717, 1.165) is 19.3 Å². The fraction of sp³-hybridized carbons (Fsp3) is 0.680. The maximum Gasteiger partial charge on any atom is 0.337 e.